The molecule has 3 aliphatic rings. The molecule has 4 heterocycles. The van der Waals surface area contributed by atoms with E-state index in [-0.39, 0.29) is 11.3 Å². The molecule has 0 aromatic carbocycles. The molecular formula is C22H30N6O. The lowest BCUT2D eigenvalue weighted by molar-refractivity contribution is 0.0616. The van der Waals surface area contributed by atoms with Crippen LogP contribution in [-0.2, 0) is 19.5 Å². The Morgan fingerprint density at radius 2 is 2.00 bits per heavy atom. The highest BCUT2D eigenvalue weighted by Crippen LogP contribution is 2.41. The monoisotopic (exact) mass is 394 g/mol. The summed E-state index contributed by atoms with van der Waals surface area (Å²) < 4.78 is 2.12. The lowest BCUT2D eigenvalue weighted by atomic mass is 9.73. The summed E-state index contributed by atoms with van der Waals surface area (Å²) >= 11 is 0. The minimum absolute atomic E-state index is 0.0401. The Labute approximate surface area is 171 Å². The van der Waals surface area contributed by atoms with Crippen molar-refractivity contribution in [3.63, 3.8) is 0 Å². The van der Waals surface area contributed by atoms with Gasteiger partial charge in [-0.25, -0.2) is 0 Å². The maximum absolute atomic E-state index is 12.8. The number of likely N-dealkylation sites (tertiary alicyclic amines) is 1. The van der Waals surface area contributed by atoms with Gasteiger partial charge in [0.1, 0.15) is 5.82 Å². The number of hydrogen-bond donors (Lipinski definition) is 1. The van der Waals surface area contributed by atoms with Gasteiger partial charge in [0.2, 0.25) is 5.82 Å². The van der Waals surface area contributed by atoms with Crippen LogP contribution in [0.2, 0.25) is 0 Å². The molecule has 1 amide bonds. The van der Waals surface area contributed by atoms with Crippen LogP contribution < -0.4 is 5.32 Å². The number of aromatic nitrogens is 4. The zero-order chi connectivity index (χ0) is 19.7. The Bertz CT molecular complexity index is 849. The predicted octanol–water partition coefficient (Wildman–Crippen LogP) is 2.57. The Hall–Kier alpha value is -2.28. The number of nitrogens with zero attached hydrogens (tertiary/aromatic N) is 5. The van der Waals surface area contributed by atoms with Gasteiger partial charge in [-0.05, 0) is 62.2 Å². The van der Waals surface area contributed by atoms with Gasteiger partial charge >= 0.3 is 0 Å². The lowest BCUT2D eigenvalue weighted by Crippen LogP contribution is -2.45. The summed E-state index contributed by atoms with van der Waals surface area (Å²) in [6.07, 6.45) is 12.8. The molecule has 0 unspecified atom stereocenters. The predicted molar refractivity (Wildman–Crippen MR) is 109 cm³/mol. The first-order chi connectivity index (χ1) is 14.2. The van der Waals surface area contributed by atoms with Gasteiger partial charge in [-0.3, -0.25) is 14.7 Å². The molecule has 1 spiro atoms. The normalized spacial score (nSPS) is 21.9. The zero-order valence-electron chi connectivity index (χ0n) is 17.0. The van der Waals surface area contributed by atoms with E-state index in [1.165, 1.54) is 18.4 Å². The van der Waals surface area contributed by atoms with E-state index in [1.807, 2.05) is 18.5 Å². The van der Waals surface area contributed by atoms with E-state index >= 15 is 0 Å². The molecule has 0 bridgehead atoms. The van der Waals surface area contributed by atoms with Gasteiger partial charge in [0.15, 0.2) is 0 Å². The van der Waals surface area contributed by atoms with E-state index in [0.29, 0.717) is 11.9 Å². The quantitative estimate of drug-likeness (QED) is 0.863. The third kappa shape index (κ3) is 3.92. The van der Waals surface area contributed by atoms with Crippen molar-refractivity contribution in [2.75, 3.05) is 13.1 Å². The molecule has 1 N–H and O–H groups in total. The Balaban J connectivity index is 1.24. The highest BCUT2D eigenvalue weighted by molar-refractivity contribution is 5.91. The first kappa shape index (κ1) is 18.7. The van der Waals surface area contributed by atoms with Crippen molar-refractivity contribution in [2.24, 2.45) is 5.41 Å². The second-order valence-corrected chi connectivity index (χ2v) is 9.12. The number of carbonyl (C=O) groups is 1. The average Bonchev–Trinajstić information content (AvgIpc) is 3.40. The third-order valence-electron chi connectivity index (χ3n) is 7.14. The summed E-state index contributed by atoms with van der Waals surface area (Å²) in [5, 5.41) is 11.8. The minimum Gasteiger partial charge on any atom is -0.347 e. The van der Waals surface area contributed by atoms with Crippen molar-refractivity contribution >= 4 is 5.91 Å². The molecule has 2 fully saturated rings. The van der Waals surface area contributed by atoms with Crippen molar-refractivity contribution in [3.8, 4) is 0 Å². The van der Waals surface area contributed by atoms with Crippen molar-refractivity contribution in [2.45, 2.75) is 70.5 Å². The van der Waals surface area contributed by atoms with Gasteiger partial charge in [0, 0.05) is 37.9 Å². The summed E-state index contributed by atoms with van der Waals surface area (Å²) in [6.45, 7) is 4.03. The number of pyridine rings is 1. The van der Waals surface area contributed by atoms with Gasteiger partial charge in [0.05, 0.1) is 0 Å². The van der Waals surface area contributed by atoms with E-state index in [2.05, 4.69) is 36.0 Å². The molecule has 1 saturated heterocycles. The van der Waals surface area contributed by atoms with Crippen LogP contribution in [0.4, 0.5) is 0 Å². The summed E-state index contributed by atoms with van der Waals surface area (Å²) in [6, 6.07) is 4.47. The van der Waals surface area contributed by atoms with Crippen LogP contribution in [0.3, 0.4) is 0 Å². The molecule has 1 aliphatic carbocycles. The highest BCUT2D eigenvalue weighted by Gasteiger charge is 2.40. The molecule has 7 heteroatoms. The summed E-state index contributed by atoms with van der Waals surface area (Å²) in [4.78, 5) is 19.6. The van der Waals surface area contributed by atoms with Gasteiger partial charge in [-0.15, -0.1) is 10.2 Å². The number of hydrogen-bond acceptors (Lipinski definition) is 5. The average molecular weight is 395 g/mol. The van der Waals surface area contributed by atoms with Crippen LogP contribution in [0.1, 0.15) is 67.0 Å². The minimum atomic E-state index is -0.0401. The summed E-state index contributed by atoms with van der Waals surface area (Å²) in [7, 11) is 0. The SMILES string of the molecule is O=C(NC1CCCC1)c1nnc2n1CC1(CC2)CCN(Cc2cccnc2)CC1. The van der Waals surface area contributed by atoms with E-state index in [9.17, 15) is 4.79 Å². The maximum atomic E-state index is 12.8. The second-order valence-electron chi connectivity index (χ2n) is 9.12. The number of nitrogens with one attached hydrogen (secondary N) is 1. The van der Waals surface area contributed by atoms with Gasteiger partial charge in [0.25, 0.3) is 5.91 Å². The fourth-order valence-corrected chi connectivity index (χ4v) is 5.31. The zero-order valence-corrected chi connectivity index (χ0v) is 17.0. The molecule has 0 atom stereocenters. The van der Waals surface area contributed by atoms with Gasteiger partial charge < -0.3 is 9.88 Å². The Morgan fingerprint density at radius 1 is 1.17 bits per heavy atom. The number of fused-ring (bicyclic) bond motifs is 1. The Morgan fingerprint density at radius 3 is 2.76 bits per heavy atom. The van der Waals surface area contributed by atoms with Crippen LogP contribution in [0.5, 0.6) is 0 Å². The standard InChI is InChI=1S/C22H30N6O/c29-21(24-18-5-1-2-6-18)20-26-25-19-7-8-22(16-28(19)20)9-12-27(13-10-22)15-17-4-3-11-23-14-17/h3-4,11,14,18H,1-2,5-10,12-13,15-16H2,(H,24,29). The van der Waals surface area contributed by atoms with E-state index < -0.39 is 0 Å². The molecule has 7 nitrogen and oxygen atoms in total. The molecule has 2 aromatic heterocycles. The molecule has 5 rings (SSSR count). The van der Waals surface area contributed by atoms with Crippen LogP contribution in [0.15, 0.2) is 24.5 Å². The summed E-state index contributed by atoms with van der Waals surface area (Å²) in [5.74, 6) is 1.45. The smallest absolute Gasteiger partial charge is 0.289 e. The van der Waals surface area contributed by atoms with Crippen LogP contribution in [0, 0.1) is 5.41 Å². The largest absolute Gasteiger partial charge is 0.347 e. The van der Waals surface area contributed by atoms with Gasteiger partial charge in [-0.1, -0.05) is 18.9 Å². The Kier molecular flexibility index (Phi) is 5.08. The number of piperidine rings is 1. The van der Waals surface area contributed by atoms with Crippen molar-refractivity contribution in [1.82, 2.24) is 30.0 Å². The number of rotatable bonds is 4. The van der Waals surface area contributed by atoms with Crippen molar-refractivity contribution in [3.05, 3.63) is 41.7 Å². The van der Waals surface area contributed by atoms with E-state index in [4.69, 9.17) is 0 Å². The fourth-order valence-electron chi connectivity index (χ4n) is 5.31. The highest BCUT2D eigenvalue weighted by atomic mass is 16.2. The first-order valence-corrected chi connectivity index (χ1v) is 11.1. The number of amides is 1. The van der Waals surface area contributed by atoms with Crippen LogP contribution >= 0.6 is 0 Å². The van der Waals surface area contributed by atoms with E-state index in [0.717, 1.165) is 70.5 Å². The first-order valence-electron chi connectivity index (χ1n) is 11.1. The third-order valence-corrected chi connectivity index (χ3v) is 7.14. The molecule has 29 heavy (non-hydrogen) atoms. The lowest BCUT2D eigenvalue weighted by Gasteiger charge is -2.44. The molecule has 1 saturated carbocycles. The molecule has 154 valence electrons. The summed E-state index contributed by atoms with van der Waals surface area (Å²) in [5.41, 5.74) is 1.54. The molecule has 2 aliphatic heterocycles. The van der Waals surface area contributed by atoms with Crippen LogP contribution in [0.25, 0.3) is 0 Å². The second kappa shape index (κ2) is 7.86. The number of carbonyl (C=O) groups excluding carboxylic acids is 1. The van der Waals surface area contributed by atoms with Crippen molar-refractivity contribution in [1.29, 1.82) is 0 Å². The van der Waals surface area contributed by atoms with Crippen LogP contribution in [-0.4, -0.2) is 49.7 Å². The van der Waals surface area contributed by atoms with Crippen molar-refractivity contribution < 1.29 is 4.79 Å². The van der Waals surface area contributed by atoms with E-state index in [1.54, 1.807) is 0 Å². The fraction of sp³-hybridized carbons (Fsp3) is 0.636. The number of aryl methyl sites for hydroxylation is 1. The maximum Gasteiger partial charge on any atom is 0.289 e. The topological polar surface area (TPSA) is 75.9 Å². The molecular weight excluding hydrogens is 364 g/mol. The van der Waals surface area contributed by atoms with Gasteiger partial charge in [-0.2, -0.15) is 0 Å². The molecule has 0 radical (unpaired) electrons. The molecule has 2 aromatic rings.